The summed E-state index contributed by atoms with van der Waals surface area (Å²) < 4.78 is 0. The number of rotatable bonds is 9. The monoisotopic (exact) mass is 251 g/mol. The Bertz CT molecular complexity index is 322. The lowest BCUT2D eigenvalue weighted by Crippen LogP contribution is -2.26. The van der Waals surface area contributed by atoms with Crippen LogP contribution in [0, 0.1) is 0 Å². The summed E-state index contributed by atoms with van der Waals surface area (Å²) in [5.74, 6) is 1.05. The number of nitrogens with one attached hydrogen (secondary N) is 1. The fourth-order valence-electron chi connectivity index (χ4n) is 1.94. The number of H-pyrrole nitrogens is 1. The van der Waals surface area contributed by atoms with Crippen molar-refractivity contribution in [3.05, 3.63) is 18.2 Å². The Morgan fingerprint density at radius 2 is 2.00 bits per heavy atom. The molecule has 1 aromatic rings. The molecule has 0 fully saturated rings. The lowest BCUT2D eigenvalue weighted by Gasteiger charge is -2.15. The lowest BCUT2D eigenvalue weighted by molar-refractivity contribution is -0.130. The first-order valence-corrected chi connectivity index (χ1v) is 6.96. The standard InChI is InChI=1S/C14H25N3O/c1-3-4-5-6-7-8-9-14(18)17(2)12-13-15-10-11-16-13/h10-11H,3-9,12H2,1-2H3,(H,15,16). The summed E-state index contributed by atoms with van der Waals surface area (Å²) in [6.45, 7) is 2.79. The van der Waals surface area contributed by atoms with Crippen molar-refractivity contribution in [1.82, 2.24) is 14.9 Å². The molecule has 1 rings (SSSR count). The lowest BCUT2D eigenvalue weighted by atomic mass is 10.1. The summed E-state index contributed by atoms with van der Waals surface area (Å²) in [4.78, 5) is 20.7. The number of unbranched alkanes of at least 4 members (excludes halogenated alkanes) is 5. The third kappa shape index (κ3) is 5.84. The molecule has 0 radical (unpaired) electrons. The van der Waals surface area contributed by atoms with Gasteiger partial charge in [-0.15, -0.1) is 0 Å². The fraction of sp³-hybridized carbons (Fsp3) is 0.714. The summed E-state index contributed by atoms with van der Waals surface area (Å²) >= 11 is 0. The van der Waals surface area contributed by atoms with Crippen LogP contribution in [0.1, 0.15) is 57.7 Å². The van der Waals surface area contributed by atoms with Crippen LogP contribution in [-0.4, -0.2) is 27.8 Å². The summed E-state index contributed by atoms with van der Waals surface area (Å²) in [5, 5.41) is 0. The van der Waals surface area contributed by atoms with Crippen molar-refractivity contribution in [2.45, 2.75) is 58.4 Å². The van der Waals surface area contributed by atoms with Crippen molar-refractivity contribution < 1.29 is 4.79 Å². The number of hydrogen-bond donors (Lipinski definition) is 1. The molecule has 0 aromatic carbocycles. The van der Waals surface area contributed by atoms with Crippen LogP contribution in [0.25, 0.3) is 0 Å². The molecule has 0 saturated carbocycles. The first kappa shape index (κ1) is 14.7. The van der Waals surface area contributed by atoms with Crippen molar-refractivity contribution in [3.8, 4) is 0 Å². The molecule has 18 heavy (non-hydrogen) atoms. The van der Waals surface area contributed by atoms with Crippen LogP contribution in [0.4, 0.5) is 0 Å². The molecule has 0 aliphatic heterocycles. The van der Waals surface area contributed by atoms with Crippen LogP contribution in [0.2, 0.25) is 0 Å². The number of nitrogens with zero attached hydrogens (tertiary/aromatic N) is 2. The minimum absolute atomic E-state index is 0.210. The predicted octanol–water partition coefficient (Wildman–Crippen LogP) is 3.12. The second-order valence-corrected chi connectivity index (χ2v) is 4.80. The average molecular weight is 251 g/mol. The molecule has 0 aliphatic rings. The van der Waals surface area contributed by atoms with Crippen LogP contribution < -0.4 is 0 Å². The Balaban J connectivity index is 2.08. The highest BCUT2D eigenvalue weighted by atomic mass is 16.2. The van der Waals surface area contributed by atoms with Gasteiger partial charge in [0.2, 0.25) is 5.91 Å². The van der Waals surface area contributed by atoms with Gasteiger partial charge in [0.1, 0.15) is 5.82 Å². The van der Waals surface area contributed by atoms with Gasteiger partial charge in [-0.3, -0.25) is 4.79 Å². The molecule has 0 bridgehead atoms. The molecule has 4 nitrogen and oxygen atoms in total. The Labute approximate surface area is 110 Å². The topological polar surface area (TPSA) is 49.0 Å². The molecular formula is C14H25N3O. The Morgan fingerprint density at radius 1 is 1.28 bits per heavy atom. The highest BCUT2D eigenvalue weighted by Crippen LogP contribution is 2.08. The van der Waals surface area contributed by atoms with Crippen LogP contribution in [0.15, 0.2) is 12.4 Å². The van der Waals surface area contributed by atoms with E-state index in [9.17, 15) is 4.79 Å². The number of imidazole rings is 1. The van der Waals surface area contributed by atoms with E-state index in [1.54, 1.807) is 17.3 Å². The van der Waals surface area contributed by atoms with E-state index in [0.29, 0.717) is 13.0 Å². The van der Waals surface area contributed by atoms with Gasteiger partial charge in [0, 0.05) is 25.9 Å². The third-order valence-electron chi connectivity index (χ3n) is 3.11. The number of carbonyl (C=O) groups is 1. The predicted molar refractivity (Wildman–Crippen MR) is 73.1 cm³/mol. The van der Waals surface area contributed by atoms with Gasteiger partial charge in [0.05, 0.1) is 6.54 Å². The molecule has 1 heterocycles. The van der Waals surface area contributed by atoms with E-state index >= 15 is 0 Å². The van der Waals surface area contributed by atoms with Gasteiger partial charge in [-0.1, -0.05) is 39.0 Å². The fourth-order valence-corrected chi connectivity index (χ4v) is 1.94. The second-order valence-electron chi connectivity index (χ2n) is 4.80. The van der Waals surface area contributed by atoms with E-state index in [4.69, 9.17) is 0 Å². The van der Waals surface area contributed by atoms with Gasteiger partial charge in [0.25, 0.3) is 0 Å². The zero-order chi connectivity index (χ0) is 13.2. The largest absolute Gasteiger partial charge is 0.347 e. The molecule has 1 aromatic heterocycles. The highest BCUT2D eigenvalue weighted by molar-refractivity contribution is 5.75. The molecule has 0 saturated heterocycles. The molecule has 0 unspecified atom stereocenters. The van der Waals surface area contributed by atoms with Crippen LogP contribution >= 0.6 is 0 Å². The number of hydrogen-bond acceptors (Lipinski definition) is 2. The molecule has 0 spiro atoms. The van der Waals surface area contributed by atoms with Crippen molar-refractivity contribution in [3.63, 3.8) is 0 Å². The first-order chi connectivity index (χ1) is 8.74. The van der Waals surface area contributed by atoms with E-state index in [1.165, 1.54) is 32.1 Å². The van der Waals surface area contributed by atoms with Gasteiger partial charge < -0.3 is 9.88 Å². The Morgan fingerprint density at radius 3 is 2.67 bits per heavy atom. The van der Waals surface area contributed by atoms with Gasteiger partial charge in [-0.25, -0.2) is 4.98 Å². The zero-order valence-corrected chi connectivity index (χ0v) is 11.6. The van der Waals surface area contributed by atoms with Crippen molar-refractivity contribution >= 4 is 5.91 Å². The number of aromatic amines is 1. The second kappa shape index (κ2) is 8.72. The maximum absolute atomic E-state index is 11.8. The maximum Gasteiger partial charge on any atom is 0.222 e. The van der Waals surface area contributed by atoms with E-state index in [0.717, 1.165) is 12.2 Å². The molecule has 1 N–H and O–H groups in total. The van der Waals surface area contributed by atoms with Gasteiger partial charge in [-0.2, -0.15) is 0 Å². The van der Waals surface area contributed by atoms with Crippen LogP contribution in [-0.2, 0) is 11.3 Å². The zero-order valence-electron chi connectivity index (χ0n) is 11.6. The molecule has 1 amide bonds. The van der Waals surface area contributed by atoms with Crippen molar-refractivity contribution in [2.75, 3.05) is 7.05 Å². The Hall–Kier alpha value is -1.32. The average Bonchev–Trinajstić information content (AvgIpc) is 2.86. The number of aromatic nitrogens is 2. The normalized spacial score (nSPS) is 10.6. The van der Waals surface area contributed by atoms with E-state index in [-0.39, 0.29) is 5.91 Å². The summed E-state index contributed by atoms with van der Waals surface area (Å²) in [7, 11) is 1.84. The molecule has 102 valence electrons. The molecular weight excluding hydrogens is 226 g/mol. The van der Waals surface area contributed by atoms with E-state index in [2.05, 4.69) is 16.9 Å². The third-order valence-corrected chi connectivity index (χ3v) is 3.11. The van der Waals surface area contributed by atoms with Crippen molar-refractivity contribution in [1.29, 1.82) is 0 Å². The van der Waals surface area contributed by atoms with Crippen molar-refractivity contribution in [2.24, 2.45) is 0 Å². The van der Waals surface area contributed by atoms with Gasteiger partial charge in [-0.05, 0) is 6.42 Å². The van der Waals surface area contributed by atoms with E-state index < -0.39 is 0 Å². The SMILES string of the molecule is CCCCCCCCC(=O)N(C)Cc1ncc[nH]1. The highest BCUT2D eigenvalue weighted by Gasteiger charge is 2.09. The molecule has 0 atom stereocenters. The summed E-state index contributed by atoms with van der Waals surface area (Å²) in [6.07, 6.45) is 11.4. The van der Waals surface area contributed by atoms with Gasteiger partial charge >= 0.3 is 0 Å². The van der Waals surface area contributed by atoms with Crippen LogP contribution in [0.3, 0.4) is 0 Å². The minimum Gasteiger partial charge on any atom is -0.347 e. The van der Waals surface area contributed by atoms with E-state index in [1.807, 2.05) is 7.05 Å². The maximum atomic E-state index is 11.8. The first-order valence-electron chi connectivity index (χ1n) is 6.96. The quantitative estimate of drug-likeness (QED) is 0.685. The number of carbonyl (C=O) groups excluding carboxylic acids is 1. The number of amides is 1. The minimum atomic E-state index is 0.210. The van der Waals surface area contributed by atoms with Gasteiger partial charge in [0.15, 0.2) is 0 Å². The summed E-state index contributed by atoms with van der Waals surface area (Å²) in [5.41, 5.74) is 0. The smallest absolute Gasteiger partial charge is 0.222 e. The Kier molecular flexibility index (Phi) is 7.14. The molecule has 4 heteroatoms. The summed E-state index contributed by atoms with van der Waals surface area (Å²) in [6, 6.07) is 0. The molecule has 0 aliphatic carbocycles. The van der Waals surface area contributed by atoms with Crippen LogP contribution in [0.5, 0.6) is 0 Å².